The predicted octanol–water partition coefficient (Wildman–Crippen LogP) is 0.594. The number of hydrogen-bond acceptors (Lipinski definition) is 2. The van der Waals surface area contributed by atoms with Crippen molar-refractivity contribution in [1.29, 1.82) is 0 Å². The number of carbonyl (C=O) groups excluding carboxylic acids is 1. The average Bonchev–Trinajstić information content (AvgIpc) is 1.61. The van der Waals surface area contributed by atoms with Crippen molar-refractivity contribution >= 4 is 5.78 Å². The van der Waals surface area contributed by atoms with Crippen molar-refractivity contribution in [3.63, 3.8) is 0 Å². The highest BCUT2D eigenvalue weighted by Crippen LogP contribution is 2.33. The molecule has 0 radical (unpaired) electrons. The lowest BCUT2D eigenvalue weighted by Gasteiger charge is -2.32. The number of hydrogen-bond donors (Lipinski definition) is 1. The van der Waals surface area contributed by atoms with Gasteiger partial charge in [0.25, 0.3) is 0 Å². The summed E-state index contributed by atoms with van der Waals surface area (Å²) in [5, 5.41) is 8.65. The maximum absolute atomic E-state index is 10.7. The molecule has 0 aliphatic heterocycles. The van der Waals surface area contributed by atoms with E-state index in [9.17, 15) is 4.79 Å². The van der Waals surface area contributed by atoms with E-state index in [1.54, 1.807) is 6.92 Å². The summed E-state index contributed by atoms with van der Waals surface area (Å²) in [5.74, 6) is 0.692. The molecule has 1 rings (SSSR count). The van der Waals surface area contributed by atoms with Crippen molar-refractivity contribution in [2.45, 2.75) is 19.8 Å². The molecular formula is C7H12O2. The number of aliphatic hydroxyl groups excluding tert-OH is 1. The van der Waals surface area contributed by atoms with Crippen LogP contribution in [0.15, 0.2) is 0 Å². The molecule has 1 saturated carbocycles. The lowest BCUT2D eigenvalue weighted by atomic mass is 9.72. The highest BCUT2D eigenvalue weighted by molar-refractivity contribution is 5.79. The van der Waals surface area contributed by atoms with E-state index >= 15 is 0 Å². The molecule has 1 N–H and O–H groups in total. The number of aliphatic hydroxyl groups is 1. The molecule has 0 amide bonds. The lowest BCUT2D eigenvalue weighted by Crippen LogP contribution is -2.33. The van der Waals surface area contributed by atoms with Crippen LogP contribution in [0.5, 0.6) is 0 Å². The van der Waals surface area contributed by atoms with Gasteiger partial charge in [0.15, 0.2) is 0 Å². The molecule has 1 aliphatic carbocycles. The van der Waals surface area contributed by atoms with Gasteiger partial charge in [-0.15, -0.1) is 0 Å². The summed E-state index contributed by atoms with van der Waals surface area (Å²) in [6, 6.07) is 0. The van der Waals surface area contributed by atoms with Gasteiger partial charge in [-0.3, -0.25) is 4.79 Å². The first-order valence-electron chi connectivity index (χ1n) is 3.37. The van der Waals surface area contributed by atoms with Gasteiger partial charge in [0.05, 0.1) is 0 Å². The van der Waals surface area contributed by atoms with Gasteiger partial charge in [0, 0.05) is 12.5 Å². The van der Waals surface area contributed by atoms with Gasteiger partial charge < -0.3 is 5.11 Å². The maximum atomic E-state index is 10.7. The fourth-order valence-corrected chi connectivity index (χ4v) is 1.32. The first kappa shape index (κ1) is 6.75. The summed E-state index contributed by atoms with van der Waals surface area (Å²) in [6.07, 6.45) is 2.02. The van der Waals surface area contributed by atoms with Gasteiger partial charge in [-0.2, -0.15) is 0 Å². The third kappa shape index (κ3) is 1.13. The summed E-state index contributed by atoms with van der Waals surface area (Å²) in [5.41, 5.74) is 0. The van der Waals surface area contributed by atoms with E-state index < -0.39 is 0 Å². The van der Waals surface area contributed by atoms with Crippen molar-refractivity contribution < 1.29 is 9.90 Å². The van der Waals surface area contributed by atoms with E-state index in [1.807, 2.05) is 0 Å². The van der Waals surface area contributed by atoms with Crippen LogP contribution in [-0.4, -0.2) is 17.5 Å². The van der Waals surface area contributed by atoms with E-state index in [0.29, 0.717) is 0 Å². The van der Waals surface area contributed by atoms with Crippen LogP contribution in [0.1, 0.15) is 19.8 Å². The fraction of sp³-hybridized carbons (Fsp3) is 0.857. The molecule has 0 spiro atoms. The number of rotatable bonds is 2. The Morgan fingerprint density at radius 3 is 2.44 bits per heavy atom. The molecule has 0 aromatic rings. The first-order chi connectivity index (χ1) is 4.25. The maximum Gasteiger partial charge on any atom is 0.133 e. The Morgan fingerprint density at radius 1 is 1.67 bits per heavy atom. The van der Waals surface area contributed by atoms with E-state index in [-0.39, 0.29) is 24.2 Å². The van der Waals surface area contributed by atoms with Crippen LogP contribution in [0.3, 0.4) is 0 Å². The third-order valence-corrected chi connectivity index (χ3v) is 2.17. The van der Waals surface area contributed by atoms with Crippen molar-refractivity contribution in [3.05, 3.63) is 0 Å². The summed E-state index contributed by atoms with van der Waals surface area (Å²) in [6.45, 7) is 1.79. The second-order valence-electron chi connectivity index (χ2n) is 2.74. The zero-order valence-corrected chi connectivity index (χ0v) is 5.63. The molecule has 0 bridgehead atoms. The number of carbonyl (C=O) groups is 1. The van der Waals surface area contributed by atoms with Gasteiger partial charge in [0.2, 0.25) is 0 Å². The smallest absolute Gasteiger partial charge is 0.133 e. The van der Waals surface area contributed by atoms with Gasteiger partial charge in [-0.25, -0.2) is 0 Å². The quantitative estimate of drug-likeness (QED) is 0.591. The highest BCUT2D eigenvalue weighted by atomic mass is 16.3. The lowest BCUT2D eigenvalue weighted by molar-refractivity contribution is -0.126. The SMILES string of the molecule is CC(=O)C1CCC1CO. The second kappa shape index (κ2) is 2.48. The van der Waals surface area contributed by atoms with E-state index in [2.05, 4.69) is 0 Å². The molecule has 0 saturated heterocycles. The summed E-state index contributed by atoms with van der Waals surface area (Å²) < 4.78 is 0. The van der Waals surface area contributed by atoms with Crippen LogP contribution in [-0.2, 0) is 4.79 Å². The van der Waals surface area contributed by atoms with E-state index in [4.69, 9.17) is 5.11 Å². The number of Topliss-reactive ketones (excluding diaryl/α,β-unsaturated/α-hetero) is 1. The van der Waals surface area contributed by atoms with E-state index in [0.717, 1.165) is 12.8 Å². The van der Waals surface area contributed by atoms with Crippen LogP contribution in [0, 0.1) is 11.8 Å². The van der Waals surface area contributed by atoms with Crippen LogP contribution >= 0.6 is 0 Å². The topological polar surface area (TPSA) is 37.3 Å². The largest absolute Gasteiger partial charge is 0.396 e. The minimum absolute atomic E-state index is 0.176. The highest BCUT2D eigenvalue weighted by Gasteiger charge is 2.33. The van der Waals surface area contributed by atoms with Crippen LogP contribution in [0.25, 0.3) is 0 Å². The summed E-state index contributed by atoms with van der Waals surface area (Å²) >= 11 is 0. The molecule has 2 nitrogen and oxygen atoms in total. The monoisotopic (exact) mass is 128 g/mol. The molecule has 52 valence electrons. The Kier molecular flexibility index (Phi) is 1.86. The Labute approximate surface area is 54.9 Å². The Morgan fingerprint density at radius 2 is 2.33 bits per heavy atom. The zero-order valence-electron chi connectivity index (χ0n) is 5.63. The van der Waals surface area contributed by atoms with Crippen LogP contribution in [0.2, 0.25) is 0 Å². The Hall–Kier alpha value is -0.370. The van der Waals surface area contributed by atoms with Gasteiger partial charge >= 0.3 is 0 Å². The Bertz CT molecular complexity index is 118. The van der Waals surface area contributed by atoms with E-state index in [1.165, 1.54) is 0 Å². The molecule has 9 heavy (non-hydrogen) atoms. The van der Waals surface area contributed by atoms with Crippen LogP contribution in [0.4, 0.5) is 0 Å². The van der Waals surface area contributed by atoms with Crippen LogP contribution < -0.4 is 0 Å². The van der Waals surface area contributed by atoms with Crippen molar-refractivity contribution in [3.8, 4) is 0 Å². The zero-order chi connectivity index (χ0) is 6.85. The molecule has 0 aromatic carbocycles. The summed E-state index contributed by atoms with van der Waals surface area (Å²) in [7, 11) is 0. The molecule has 0 aromatic heterocycles. The molecule has 1 aliphatic rings. The second-order valence-corrected chi connectivity index (χ2v) is 2.74. The molecule has 2 unspecified atom stereocenters. The molecule has 1 fully saturated rings. The van der Waals surface area contributed by atoms with Crippen molar-refractivity contribution in [2.75, 3.05) is 6.61 Å². The summed E-state index contributed by atoms with van der Waals surface area (Å²) in [4.78, 5) is 10.7. The number of ketones is 1. The first-order valence-corrected chi connectivity index (χ1v) is 3.37. The van der Waals surface area contributed by atoms with Gasteiger partial charge in [-0.1, -0.05) is 0 Å². The minimum atomic E-state index is 0.176. The minimum Gasteiger partial charge on any atom is -0.396 e. The Balaban J connectivity index is 2.35. The molecule has 2 atom stereocenters. The standard InChI is InChI=1S/C7H12O2/c1-5(9)7-3-2-6(7)4-8/h6-8H,2-4H2,1H3. The van der Waals surface area contributed by atoms with Gasteiger partial charge in [-0.05, 0) is 25.7 Å². The van der Waals surface area contributed by atoms with Gasteiger partial charge in [0.1, 0.15) is 5.78 Å². The average molecular weight is 128 g/mol. The fourth-order valence-electron chi connectivity index (χ4n) is 1.32. The molecule has 0 heterocycles. The third-order valence-electron chi connectivity index (χ3n) is 2.17. The predicted molar refractivity (Wildman–Crippen MR) is 34.0 cm³/mol. The van der Waals surface area contributed by atoms with Crippen molar-refractivity contribution in [1.82, 2.24) is 0 Å². The van der Waals surface area contributed by atoms with Crippen molar-refractivity contribution in [2.24, 2.45) is 11.8 Å². The normalized spacial score (nSPS) is 33.6. The molecular weight excluding hydrogens is 116 g/mol. The molecule has 2 heteroatoms.